The van der Waals surface area contributed by atoms with Gasteiger partial charge < -0.3 is 0 Å². The van der Waals surface area contributed by atoms with Crippen LogP contribution in [-0.2, 0) is 20.0 Å². The number of benzene rings is 4. The van der Waals surface area contributed by atoms with Gasteiger partial charge in [0, 0.05) is 0 Å². The molecule has 4 aromatic carbocycles. The fourth-order valence-electron chi connectivity index (χ4n) is 9.01. The Morgan fingerprint density at radius 3 is 1.50 bits per heavy atom. The third-order valence-corrected chi connectivity index (χ3v) is 33.2. The van der Waals surface area contributed by atoms with Crippen molar-refractivity contribution in [2.75, 3.05) is 0 Å². The van der Waals surface area contributed by atoms with Crippen LogP contribution in [0.25, 0.3) is 34.4 Å². The van der Waals surface area contributed by atoms with Crippen molar-refractivity contribution < 1.29 is 20.0 Å². The predicted octanol–water partition coefficient (Wildman–Crippen LogP) is 11.7. The van der Waals surface area contributed by atoms with E-state index in [0.29, 0.717) is 7.35 Å². The standard InChI is InChI=1S/C38H38Si.2CH3.Hf/c1-7-18-39(6,31-21-29-10-8-12-33(37(29)23-31)35-19-25(2)14-16-27(35)4)32-22-30-11-9-13-34(38(30)24-32)36-20-26(3)15-17-28(36)5;;;/h8-17,19-24H,7,18H2,1-6H3;2*1H3;. The van der Waals surface area contributed by atoms with Gasteiger partial charge in [-0.25, -0.2) is 0 Å². The van der Waals surface area contributed by atoms with Crippen molar-refractivity contribution in [3.05, 3.63) is 128 Å². The molecule has 2 unspecified atom stereocenters. The maximum atomic E-state index is 2.79. The van der Waals surface area contributed by atoms with Crippen molar-refractivity contribution >= 4 is 20.2 Å². The van der Waals surface area contributed by atoms with Crippen molar-refractivity contribution in [3.8, 4) is 22.3 Å². The molecule has 1 heterocycles. The van der Waals surface area contributed by atoms with Gasteiger partial charge in [0.15, 0.2) is 0 Å². The Kier molecular flexibility index (Phi) is 6.72. The number of rotatable bonds is 4. The average molecular weight is 731 g/mol. The second-order valence-electron chi connectivity index (χ2n) is 14.2. The first kappa shape index (κ1) is 28.2. The van der Waals surface area contributed by atoms with Crippen molar-refractivity contribution in [2.24, 2.45) is 0 Å². The third-order valence-electron chi connectivity index (χ3n) is 11.0. The molecular weight excluding hydrogens is 687 g/mol. The number of fused-ring (bicyclic) bond motifs is 6. The molecule has 42 heavy (non-hydrogen) atoms. The average Bonchev–Trinajstić information content (AvgIpc) is 3.57. The van der Waals surface area contributed by atoms with Crippen LogP contribution >= 0.6 is 0 Å². The zero-order chi connectivity index (χ0) is 29.6. The van der Waals surface area contributed by atoms with Crippen molar-refractivity contribution in [2.45, 2.75) is 70.3 Å². The van der Waals surface area contributed by atoms with Gasteiger partial charge in [0.1, 0.15) is 0 Å². The van der Waals surface area contributed by atoms with E-state index in [4.69, 9.17) is 0 Å². The normalized spacial score (nSPS) is 23.0. The summed E-state index contributed by atoms with van der Waals surface area (Å²) in [4.78, 5) is 0. The van der Waals surface area contributed by atoms with Gasteiger partial charge in [0.2, 0.25) is 0 Å². The van der Waals surface area contributed by atoms with Crippen LogP contribution in [0.2, 0.25) is 22.0 Å². The fraction of sp³-hybridized carbons (Fsp3) is 0.300. The van der Waals surface area contributed by atoms with Crippen LogP contribution in [0, 0.1) is 27.7 Å². The van der Waals surface area contributed by atoms with Crippen LogP contribution in [0.1, 0.15) is 65.2 Å². The summed E-state index contributed by atoms with van der Waals surface area (Å²) < 4.78 is 6.95. The van der Waals surface area contributed by atoms with Crippen molar-refractivity contribution in [1.82, 2.24) is 0 Å². The summed E-state index contributed by atoms with van der Waals surface area (Å²) in [5.74, 6) is 0. The zero-order valence-corrected chi connectivity index (χ0v) is 31.2. The Morgan fingerprint density at radius 2 is 1.07 bits per heavy atom. The first-order valence-corrected chi connectivity index (χ1v) is 30.0. The monoisotopic (exact) mass is 732 g/mol. The van der Waals surface area contributed by atoms with Gasteiger partial charge in [-0.2, -0.15) is 0 Å². The molecule has 0 radical (unpaired) electrons. The van der Waals surface area contributed by atoms with E-state index >= 15 is 0 Å². The molecule has 2 aliphatic carbocycles. The molecule has 2 heteroatoms. The van der Waals surface area contributed by atoms with Gasteiger partial charge in [-0.1, -0.05) is 0 Å². The summed E-state index contributed by atoms with van der Waals surface area (Å²) in [6.07, 6.45) is 6.74. The van der Waals surface area contributed by atoms with E-state index in [9.17, 15) is 0 Å². The SMILES string of the molecule is CCC[Si]1(C)C2=Cc3c(-c4cc(C)ccc4C)cccc3[CH]2[Hf]([CH3])([CH3])[CH]2C1=Cc1c(-c3cc(C)ccc3C)cccc12. The quantitative estimate of drug-likeness (QED) is 0.183. The molecule has 1 fully saturated rings. The molecule has 1 saturated heterocycles. The summed E-state index contributed by atoms with van der Waals surface area (Å²) in [5, 5.41) is 3.74. The molecule has 0 N–H and O–H groups in total. The van der Waals surface area contributed by atoms with Gasteiger partial charge in [0.05, 0.1) is 0 Å². The second-order valence-corrected chi connectivity index (χ2v) is 35.8. The number of hydrogen-bond donors (Lipinski definition) is 0. The number of allylic oxidation sites excluding steroid dienone is 2. The molecule has 7 rings (SSSR count). The Balaban J connectivity index is 1.47. The van der Waals surface area contributed by atoms with Crippen LogP contribution in [0.15, 0.2) is 83.2 Å². The summed E-state index contributed by atoms with van der Waals surface area (Å²) in [6.45, 7) is 14.2. The first-order valence-electron chi connectivity index (χ1n) is 15.9. The van der Waals surface area contributed by atoms with E-state index in [1.807, 2.05) is 10.4 Å². The maximum absolute atomic E-state index is 3.04. The predicted molar refractivity (Wildman–Crippen MR) is 183 cm³/mol. The fourth-order valence-corrected chi connectivity index (χ4v) is 41.5. The molecule has 4 aromatic rings. The Morgan fingerprint density at radius 1 is 0.619 bits per heavy atom. The summed E-state index contributed by atoms with van der Waals surface area (Å²) in [7, 11) is -1.90. The summed E-state index contributed by atoms with van der Waals surface area (Å²) in [5.41, 5.74) is 17.6. The first-order chi connectivity index (χ1) is 20.1. The molecule has 3 aliphatic rings. The third kappa shape index (κ3) is 4.01. The van der Waals surface area contributed by atoms with E-state index in [2.05, 4.69) is 135 Å². The summed E-state index contributed by atoms with van der Waals surface area (Å²) >= 11 is -3.04. The van der Waals surface area contributed by atoms with E-state index < -0.39 is 28.0 Å². The molecule has 1 aliphatic heterocycles. The molecule has 0 spiro atoms. The molecule has 0 aromatic heterocycles. The van der Waals surface area contributed by atoms with E-state index in [-0.39, 0.29) is 0 Å². The zero-order valence-electron chi connectivity index (χ0n) is 26.7. The molecule has 212 valence electrons. The molecule has 2 atom stereocenters. The van der Waals surface area contributed by atoms with Gasteiger partial charge >= 0.3 is 260 Å². The van der Waals surface area contributed by atoms with Crippen LogP contribution < -0.4 is 0 Å². The van der Waals surface area contributed by atoms with Crippen LogP contribution in [-0.4, -0.2) is 8.07 Å². The van der Waals surface area contributed by atoms with Crippen molar-refractivity contribution in [1.29, 1.82) is 0 Å². The van der Waals surface area contributed by atoms with Gasteiger partial charge in [-0.3, -0.25) is 0 Å². The Hall–Kier alpha value is -2.55. The Labute approximate surface area is 258 Å². The molecular formula is C40H44HfSi. The number of hydrogen-bond acceptors (Lipinski definition) is 0. The molecule has 0 nitrogen and oxygen atoms in total. The number of aryl methyl sites for hydroxylation is 4. The van der Waals surface area contributed by atoms with E-state index in [1.165, 1.54) is 57.0 Å². The van der Waals surface area contributed by atoms with Gasteiger partial charge in [-0.05, 0) is 0 Å². The van der Waals surface area contributed by atoms with E-state index in [0.717, 1.165) is 0 Å². The van der Waals surface area contributed by atoms with Gasteiger partial charge in [-0.15, -0.1) is 0 Å². The molecule has 0 saturated carbocycles. The van der Waals surface area contributed by atoms with Gasteiger partial charge in [0.25, 0.3) is 0 Å². The van der Waals surface area contributed by atoms with Crippen molar-refractivity contribution in [3.63, 3.8) is 0 Å². The molecule has 0 amide bonds. The minimum atomic E-state index is -3.04. The van der Waals surface area contributed by atoms with Crippen LogP contribution in [0.3, 0.4) is 0 Å². The second kappa shape index (κ2) is 9.99. The Bertz CT molecular complexity index is 1710. The van der Waals surface area contributed by atoms with Crippen LogP contribution in [0.4, 0.5) is 0 Å². The summed E-state index contributed by atoms with van der Waals surface area (Å²) in [6, 6.07) is 29.8. The minimum absolute atomic E-state index is 0.679. The topological polar surface area (TPSA) is 0 Å². The molecule has 0 bridgehead atoms. The van der Waals surface area contributed by atoms with Crippen LogP contribution in [0.5, 0.6) is 0 Å². The van der Waals surface area contributed by atoms with E-state index in [1.54, 1.807) is 22.3 Å².